The van der Waals surface area contributed by atoms with Crippen LogP contribution in [0.4, 0.5) is 0 Å². The van der Waals surface area contributed by atoms with Crippen molar-refractivity contribution in [2.24, 2.45) is 0 Å². The van der Waals surface area contributed by atoms with Crippen LogP contribution in [0.5, 0.6) is 0 Å². The number of hydrogen-bond acceptors (Lipinski definition) is 4. The minimum atomic E-state index is -0.0602. The van der Waals surface area contributed by atoms with Crippen LogP contribution >= 0.6 is 0 Å². The average Bonchev–Trinajstić information content (AvgIpc) is 3.42. The summed E-state index contributed by atoms with van der Waals surface area (Å²) in [7, 11) is 0. The van der Waals surface area contributed by atoms with Crippen LogP contribution in [0.1, 0.15) is 22.3 Å². The van der Waals surface area contributed by atoms with Gasteiger partial charge in [-0.2, -0.15) is 0 Å². The van der Waals surface area contributed by atoms with Crippen molar-refractivity contribution in [2.75, 3.05) is 0 Å². The van der Waals surface area contributed by atoms with Crippen molar-refractivity contribution in [1.29, 1.82) is 0 Å². The number of nitrogens with zero attached hydrogens (tertiary/aromatic N) is 2. The first kappa shape index (κ1) is 39.1. The lowest BCUT2D eigenvalue weighted by Crippen LogP contribution is -2.19. The molecular weight excluding hydrogens is 885 g/mol. The van der Waals surface area contributed by atoms with E-state index in [9.17, 15) is 19.2 Å². The summed E-state index contributed by atoms with van der Waals surface area (Å²) in [4.78, 5) is 55.9. The Morgan fingerprint density at radius 1 is 0.250 bits per heavy atom. The van der Waals surface area contributed by atoms with E-state index >= 15 is 0 Å². The Kier molecular flexibility index (Phi) is 7.57. The van der Waals surface area contributed by atoms with Gasteiger partial charge in [-0.3, -0.25) is 19.2 Å². The van der Waals surface area contributed by atoms with Crippen molar-refractivity contribution in [2.45, 2.75) is 0 Å². The molecule has 0 saturated carbocycles. The van der Waals surface area contributed by atoms with E-state index in [-0.39, 0.29) is 21.7 Å². The molecule has 72 heavy (non-hydrogen) atoms. The third-order valence-electron chi connectivity index (χ3n) is 15.5. The van der Waals surface area contributed by atoms with Gasteiger partial charge in [0.2, 0.25) is 0 Å². The van der Waals surface area contributed by atoms with Crippen molar-refractivity contribution in [3.05, 3.63) is 256 Å². The quantitative estimate of drug-likeness (QED) is 0.100. The lowest BCUT2D eigenvalue weighted by molar-refractivity contribution is 1.31. The summed E-state index contributed by atoms with van der Waals surface area (Å²) in [5, 5.41) is 15.1. The summed E-state index contributed by atoms with van der Waals surface area (Å²) < 4.78 is 4.31. The van der Waals surface area contributed by atoms with Crippen LogP contribution in [0.25, 0.3) is 144 Å². The van der Waals surface area contributed by atoms with Gasteiger partial charge >= 0.3 is 0 Å². The minimum absolute atomic E-state index is 0.0602. The van der Waals surface area contributed by atoms with E-state index in [1.54, 1.807) is 0 Å². The lowest BCUT2D eigenvalue weighted by Gasteiger charge is -2.19. The molecule has 0 aliphatic heterocycles. The monoisotopic (exact) mass is 918 g/mol. The molecule has 0 spiro atoms. The van der Waals surface area contributed by atoms with Crippen LogP contribution in [0.15, 0.2) is 201 Å². The molecule has 16 rings (SSSR count). The number of pyridine rings is 6. The Morgan fingerprint density at radius 3 is 0.750 bits per heavy atom. The van der Waals surface area contributed by atoms with Gasteiger partial charge in [0.1, 0.15) is 0 Å². The van der Waals surface area contributed by atoms with Gasteiger partial charge in [0.25, 0.3) is 0 Å². The highest BCUT2D eigenvalue weighted by molar-refractivity contribution is 6.18. The molecule has 0 aliphatic rings. The summed E-state index contributed by atoms with van der Waals surface area (Å²) in [5.74, 6) is 0. The molecule has 0 atom stereocenters. The first-order chi connectivity index (χ1) is 35.4. The van der Waals surface area contributed by atoms with Gasteiger partial charge in [0, 0.05) is 64.6 Å². The summed E-state index contributed by atoms with van der Waals surface area (Å²) >= 11 is 0. The van der Waals surface area contributed by atoms with Gasteiger partial charge in [0.05, 0.1) is 33.1 Å². The number of fused-ring (bicyclic) bond motifs is 2. The van der Waals surface area contributed by atoms with Gasteiger partial charge in [0.15, 0.2) is 21.7 Å². The average molecular weight is 919 g/mol. The van der Waals surface area contributed by atoms with E-state index in [1.807, 2.05) is 84.9 Å². The fourth-order valence-corrected chi connectivity index (χ4v) is 12.4. The van der Waals surface area contributed by atoms with Crippen molar-refractivity contribution in [3.8, 4) is 0 Å². The Labute approximate surface area is 406 Å². The Bertz CT molecular complexity index is 4920. The zero-order chi connectivity index (χ0) is 47.7. The fraction of sp³-hybridized carbons (Fsp3) is 0. The lowest BCUT2D eigenvalue weighted by atomic mass is 9.95. The van der Waals surface area contributed by atoms with Crippen LogP contribution < -0.4 is 32.2 Å². The number of aromatic nitrogens is 2. The smallest absolute Gasteiger partial charge is 0.197 e. The summed E-state index contributed by atoms with van der Waals surface area (Å²) in [6, 6.07) is 60.7. The van der Waals surface area contributed by atoms with Crippen molar-refractivity contribution in [3.63, 3.8) is 0 Å². The van der Waals surface area contributed by atoms with E-state index in [2.05, 4.69) is 130 Å². The predicted octanol–water partition coefficient (Wildman–Crippen LogP) is 12.2. The van der Waals surface area contributed by atoms with Crippen LogP contribution in [0.2, 0.25) is 0 Å². The maximum Gasteiger partial charge on any atom is 0.197 e. The molecule has 0 unspecified atom stereocenters. The first-order valence-corrected chi connectivity index (χ1v) is 24.1. The molecule has 6 heteroatoms. The fourth-order valence-electron chi connectivity index (χ4n) is 12.4. The Morgan fingerprint density at radius 2 is 0.472 bits per heavy atom. The molecule has 6 heterocycles. The first-order valence-electron chi connectivity index (χ1n) is 24.1. The molecule has 0 N–H and O–H groups in total. The van der Waals surface area contributed by atoms with Crippen LogP contribution in [0.3, 0.4) is 0 Å². The van der Waals surface area contributed by atoms with Crippen LogP contribution in [-0.2, 0) is 0 Å². The minimum Gasteiger partial charge on any atom is -0.306 e. The van der Waals surface area contributed by atoms with Crippen LogP contribution in [-0.4, -0.2) is 8.80 Å². The van der Waals surface area contributed by atoms with Crippen LogP contribution in [0, 0.1) is 0 Å². The summed E-state index contributed by atoms with van der Waals surface area (Å²) in [5.41, 5.74) is 8.71. The van der Waals surface area contributed by atoms with Gasteiger partial charge in [-0.15, -0.1) is 0 Å². The topological polar surface area (TPSA) is 77.1 Å². The summed E-state index contributed by atoms with van der Waals surface area (Å²) in [6.45, 7) is 0. The highest BCUT2D eigenvalue weighted by Crippen LogP contribution is 2.34. The van der Waals surface area contributed by atoms with Gasteiger partial charge in [-0.25, -0.2) is 0 Å². The molecule has 16 aromatic rings. The highest BCUT2D eigenvalue weighted by Gasteiger charge is 2.23. The third kappa shape index (κ3) is 5.11. The third-order valence-corrected chi connectivity index (χ3v) is 15.5. The van der Waals surface area contributed by atoms with E-state index in [1.165, 1.54) is 0 Å². The van der Waals surface area contributed by atoms with E-state index in [0.29, 0.717) is 54.1 Å². The molecule has 0 fully saturated rings. The molecule has 10 aromatic carbocycles. The number of benzene rings is 10. The standard InChI is InChI=1S/C66H34N2O4/c69-63-47-11-1-7-43-55(44-8-2-12-48-58(44)67(57(43)47)61-51(63)15-5-16-52(61)64(48)70)33-37-23-27-39-29-35(21-25-41(39)31-37)19-20-36-22-26-42-32-38(24-28-40(42)30-36)34-56-45-9-3-13-49-59(45)68-60-46(56)10-4-14-50(60)66(72)54-18-6-17-53(62(54)68)65(49)71/h1-34H/b20-19+. The number of rotatable bonds is 4. The maximum absolute atomic E-state index is 14.0. The zero-order valence-electron chi connectivity index (χ0n) is 38.2. The van der Waals surface area contributed by atoms with Gasteiger partial charge in [-0.05, 0) is 139 Å². The van der Waals surface area contributed by atoms with Crippen molar-refractivity contribution in [1.82, 2.24) is 8.80 Å². The van der Waals surface area contributed by atoms with Gasteiger partial charge in [-0.1, -0.05) is 121 Å². The number of hydrogen-bond donors (Lipinski definition) is 0. The highest BCUT2D eigenvalue weighted by atomic mass is 16.1. The molecule has 6 nitrogen and oxygen atoms in total. The zero-order valence-corrected chi connectivity index (χ0v) is 38.2. The molecule has 0 saturated heterocycles. The molecular formula is C66H34N2O4. The molecule has 332 valence electrons. The number of para-hydroxylation sites is 6. The van der Waals surface area contributed by atoms with Crippen molar-refractivity contribution < 1.29 is 0 Å². The Hall–Kier alpha value is -9.78. The summed E-state index contributed by atoms with van der Waals surface area (Å²) in [6.07, 6.45) is 8.67. The molecule has 6 aromatic heterocycles. The molecule has 0 amide bonds. The van der Waals surface area contributed by atoms with E-state index in [4.69, 9.17) is 0 Å². The SMILES string of the molecule is O=c1c2cccc3c(=O)c4cccc5c(=Cc6ccc7cc(/C=C/c8ccc9cc(C=c%10c%11cccc%12c(=O)c%13cccc%14c(=O)c%15cccc%10c%15n(c%13%14)c%12%11)ccc9c8)ccc7c6)c6cccc1c6n(c23)c45. The normalized spacial score (nSPS) is 12.6. The maximum atomic E-state index is 14.0. The second-order valence-corrected chi connectivity index (χ2v) is 19.4. The van der Waals surface area contributed by atoms with E-state index in [0.717, 1.165) is 97.8 Å². The molecule has 0 aliphatic carbocycles. The van der Waals surface area contributed by atoms with Gasteiger partial charge < -0.3 is 8.80 Å². The predicted molar refractivity (Wildman–Crippen MR) is 299 cm³/mol. The molecule has 0 radical (unpaired) electrons. The Balaban J connectivity index is 0.755. The van der Waals surface area contributed by atoms with E-state index < -0.39 is 0 Å². The molecule has 0 bridgehead atoms. The largest absolute Gasteiger partial charge is 0.306 e. The van der Waals surface area contributed by atoms with Crippen molar-refractivity contribution >= 4 is 144 Å². The second-order valence-electron chi connectivity index (χ2n) is 19.4. The second kappa shape index (κ2) is 13.9.